The second-order valence-electron chi connectivity index (χ2n) is 9.02. The van der Waals surface area contributed by atoms with Crippen molar-refractivity contribution in [1.82, 2.24) is 25.9 Å². The quantitative estimate of drug-likeness (QED) is 0.281. The number of fused-ring (bicyclic) bond motifs is 1. The summed E-state index contributed by atoms with van der Waals surface area (Å²) >= 11 is 0. The van der Waals surface area contributed by atoms with Crippen LogP contribution in [0.4, 0.5) is 8.78 Å². The van der Waals surface area contributed by atoms with E-state index >= 15 is 0 Å². The SMILES string of the molecule is CN/N=C(\N)C1=C(C)NC2N[C@@]3(CCC2=C1)CCN(C(=O)[C@@H](C)c1ccc(OC(F)F)nc1)C3. The number of carbonyl (C=O) groups excluding carboxylic acids is 1. The summed E-state index contributed by atoms with van der Waals surface area (Å²) in [5.74, 6) is -0.165. The lowest BCUT2D eigenvalue weighted by Gasteiger charge is -2.43. The molecule has 4 rings (SSSR count). The maximum Gasteiger partial charge on any atom is 0.388 e. The van der Waals surface area contributed by atoms with E-state index < -0.39 is 12.5 Å². The number of carbonyl (C=O) groups is 1. The lowest BCUT2D eigenvalue weighted by Crippen LogP contribution is -2.61. The van der Waals surface area contributed by atoms with Gasteiger partial charge in [0.05, 0.1) is 12.1 Å². The number of alkyl halides is 2. The van der Waals surface area contributed by atoms with E-state index in [2.05, 4.69) is 37.0 Å². The second kappa shape index (κ2) is 9.57. The topological polar surface area (TPSA) is 117 Å². The molecule has 2 fully saturated rings. The highest BCUT2D eigenvalue weighted by Crippen LogP contribution is 2.36. The number of piperidine rings is 1. The van der Waals surface area contributed by atoms with Crippen molar-refractivity contribution in [3.05, 3.63) is 46.8 Å². The minimum atomic E-state index is -2.93. The van der Waals surface area contributed by atoms with Crippen molar-refractivity contribution in [3.8, 4) is 5.88 Å². The number of aromatic nitrogens is 1. The summed E-state index contributed by atoms with van der Waals surface area (Å²) in [6, 6.07) is 2.97. The van der Waals surface area contributed by atoms with Crippen LogP contribution in [0, 0.1) is 0 Å². The highest BCUT2D eigenvalue weighted by Gasteiger charge is 2.45. The van der Waals surface area contributed by atoms with E-state index in [9.17, 15) is 13.6 Å². The van der Waals surface area contributed by atoms with Gasteiger partial charge < -0.3 is 26.1 Å². The number of likely N-dealkylation sites (tertiary alicyclic amines) is 1. The van der Waals surface area contributed by atoms with Crippen LogP contribution >= 0.6 is 0 Å². The lowest BCUT2D eigenvalue weighted by molar-refractivity contribution is -0.131. The number of nitrogens with two attached hydrogens (primary N) is 1. The summed E-state index contributed by atoms with van der Waals surface area (Å²) in [6.45, 7) is 2.12. The first kappa shape index (κ1) is 23.9. The third kappa shape index (κ3) is 4.84. The zero-order valence-electron chi connectivity index (χ0n) is 19.6. The van der Waals surface area contributed by atoms with Crippen LogP contribution in [0.3, 0.4) is 0 Å². The van der Waals surface area contributed by atoms with Crippen LogP contribution in [0.25, 0.3) is 0 Å². The molecule has 5 N–H and O–H groups in total. The number of dihydropyridines is 1. The van der Waals surface area contributed by atoms with Gasteiger partial charge in [-0.15, -0.1) is 0 Å². The first-order valence-electron chi connectivity index (χ1n) is 11.4. The molecule has 3 aliphatic heterocycles. The standard InChI is InChI=1S/C23H31F2N7O2/c1-13(16-4-5-18(28-11-16)34-22(24)25)21(33)32-9-8-23(12-32)7-6-15-10-17(19(26)31-27-3)14(2)29-20(15)30-23/h4-5,10-11,13,20,22,27,29-30H,6-9,12H2,1-3H3,(H2,26,31)/t13-,20?,23-/m0/s1. The number of amidine groups is 1. The van der Waals surface area contributed by atoms with Crippen LogP contribution in [-0.4, -0.2) is 60.1 Å². The van der Waals surface area contributed by atoms with Crippen molar-refractivity contribution < 1.29 is 18.3 Å². The molecule has 1 aromatic heterocycles. The summed E-state index contributed by atoms with van der Waals surface area (Å²) in [5.41, 5.74) is 12.3. The van der Waals surface area contributed by atoms with Crippen LogP contribution in [0.2, 0.25) is 0 Å². The number of hydrogen-bond acceptors (Lipinski definition) is 7. The molecule has 0 radical (unpaired) electrons. The maximum atomic E-state index is 13.2. The number of pyridine rings is 1. The van der Waals surface area contributed by atoms with E-state index in [1.165, 1.54) is 17.8 Å². The Labute approximate surface area is 197 Å². The van der Waals surface area contributed by atoms with E-state index in [1.54, 1.807) is 13.1 Å². The average Bonchev–Trinajstić information content (AvgIpc) is 3.21. The van der Waals surface area contributed by atoms with E-state index in [0.717, 1.165) is 30.5 Å². The summed E-state index contributed by atoms with van der Waals surface area (Å²) in [6.07, 6.45) is 6.16. The first-order chi connectivity index (χ1) is 16.2. The van der Waals surface area contributed by atoms with Crippen molar-refractivity contribution in [2.75, 3.05) is 20.1 Å². The highest BCUT2D eigenvalue weighted by molar-refractivity contribution is 6.00. The smallest absolute Gasteiger partial charge is 0.388 e. The van der Waals surface area contributed by atoms with Crippen molar-refractivity contribution in [2.45, 2.75) is 57.3 Å². The molecule has 11 heteroatoms. The Kier molecular flexibility index (Phi) is 6.74. The van der Waals surface area contributed by atoms with Gasteiger partial charge >= 0.3 is 6.61 Å². The van der Waals surface area contributed by atoms with Crippen molar-refractivity contribution in [2.24, 2.45) is 10.8 Å². The number of ether oxygens (including phenoxy) is 1. The molecule has 184 valence electrons. The molecule has 4 heterocycles. The van der Waals surface area contributed by atoms with Crippen LogP contribution < -0.4 is 26.5 Å². The average molecular weight is 476 g/mol. The van der Waals surface area contributed by atoms with Crippen LogP contribution in [0.5, 0.6) is 5.88 Å². The molecule has 0 aliphatic carbocycles. The molecule has 0 saturated carbocycles. The molecule has 0 aromatic carbocycles. The fourth-order valence-electron chi connectivity index (χ4n) is 4.93. The number of allylic oxidation sites excluding steroid dienone is 1. The summed E-state index contributed by atoms with van der Waals surface area (Å²) in [4.78, 5) is 19.0. The molecule has 1 unspecified atom stereocenters. The highest BCUT2D eigenvalue weighted by atomic mass is 19.3. The molecule has 3 aliphatic rings. The Balaban J connectivity index is 1.40. The molecule has 1 amide bonds. The third-order valence-electron chi connectivity index (χ3n) is 6.82. The number of nitrogens with zero attached hydrogens (tertiary/aromatic N) is 3. The molecular formula is C23H31F2N7O2. The van der Waals surface area contributed by atoms with Crippen LogP contribution in [-0.2, 0) is 4.79 Å². The fraction of sp³-hybridized carbons (Fsp3) is 0.522. The fourth-order valence-corrected chi connectivity index (χ4v) is 4.93. The normalized spacial score (nSPS) is 25.7. The molecular weight excluding hydrogens is 444 g/mol. The predicted octanol–water partition coefficient (Wildman–Crippen LogP) is 1.76. The Morgan fingerprint density at radius 1 is 1.41 bits per heavy atom. The van der Waals surface area contributed by atoms with E-state index in [0.29, 0.717) is 24.5 Å². The molecule has 0 bridgehead atoms. The Hall–Kier alpha value is -3.21. The van der Waals surface area contributed by atoms with Gasteiger partial charge in [-0.2, -0.15) is 13.9 Å². The molecule has 3 atom stereocenters. The van der Waals surface area contributed by atoms with E-state index in [1.807, 2.05) is 18.7 Å². The van der Waals surface area contributed by atoms with Gasteiger partial charge in [0.2, 0.25) is 11.8 Å². The molecule has 34 heavy (non-hydrogen) atoms. The van der Waals surface area contributed by atoms with Gasteiger partial charge in [0, 0.05) is 49.2 Å². The molecule has 1 aromatic rings. The van der Waals surface area contributed by atoms with Gasteiger partial charge in [-0.25, -0.2) is 4.98 Å². The van der Waals surface area contributed by atoms with Crippen molar-refractivity contribution in [1.29, 1.82) is 0 Å². The summed E-state index contributed by atoms with van der Waals surface area (Å²) < 4.78 is 29.0. The van der Waals surface area contributed by atoms with Crippen LogP contribution in [0.1, 0.15) is 44.6 Å². The number of amides is 1. The largest absolute Gasteiger partial charge is 0.417 e. The van der Waals surface area contributed by atoms with Gasteiger partial charge in [-0.05, 0) is 50.3 Å². The predicted molar refractivity (Wildman–Crippen MR) is 124 cm³/mol. The zero-order valence-corrected chi connectivity index (χ0v) is 19.6. The van der Waals surface area contributed by atoms with Gasteiger partial charge in [0.25, 0.3) is 0 Å². The maximum absolute atomic E-state index is 13.2. The van der Waals surface area contributed by atoms with Crippen molar-refractivity contribution in [3.63, 3.8) is 0 Å². The number of hydrogen-bond donors (Lipinski definition) is 4. The van der Waals surface area contributed by atoms with Crippen molar-refractivity contribution >= 4 is 11.7 Å². The summed E-state index contributed by atoms with van der Waals surface area (Å²) in [5, 5.41) is 11.3. The minimum absolute atomic E-state index is 0.00430. The number of rotatable bonds is 6. The Morgan fingerprint density at radius 3 is 2.88 bits per heavy atom. The van der Waals surface area contributed by atoms with Gasteiger partial charge in [-0.3, -0.25) is 10.1 Å². The number of hydrazone groups is 1. The number of nitrogens with one attached hydrogen (secondary N) is 3. The van der Waals surface area contributed by atoms with Gasteiger partial charge in [-0.1, -0.05) is 6.07 Å². The molecule has 9 nitrogen and oxygen atoms in total. The van der Waals surface area contributed by atoms with Gasteiger partial charge in [0.15, 0.2) is 5.84 Å². The Bertz CT molecular complexity index is 1020. The van der Waals surface area contributed by atoms with Gasteiger partial charge in [0.1, 0.15) is 0 Å². The van der Waals surface area contributed by atoms with E-state index in [-0.39, 0.29) is 23.5 Å². The molecule has 2 saturated heterocycles. The minimum Gasteiger partial charge on any atom is -0.417 e. The second-order valence-corrected chi connectivity index (χ2v) is 9.02. The zero-order chi connectivity index (χ0) is 24.5. The summed E-state index contributed by atoms with van der Waals surface area (Å²) in [7, 11) is 1.71. The molecule has 1 spiro atoms. The number of halogens is 2. The van der Waals surface area contributed by atoms with E-state index in [4.69, 9.17) is 5.73 Å². The third-order valence-corrected chi connectivity index (χ3v) is 6.82. The Morgan fingerprint density at radius 2 is 2.21 bits per heavy atom. The monoisotopic (exact) mass is 475 g/mol. The first-order valence-corrected chi connectivity index (χ1v) is 11.4. The van der Waals surface area contributed by atoms with Crippen LogP contribution in [0.15, 0.2) is 46.4 Å². The lowest BCUT2D eigenvalue weighted by atomic mass is 9.82.